The first-order chi connectivity index (χ1) is 10.5. The summed E-state index contributed by atoms with van der Waals surface area (Å²) < 4.78 is 6.91. The Labute approximate surface area is 129 Å². The fourth-order valence-electron chi connectivity index (χ4n) is 2.73. The molecule has 3 rings (SSSR count). The molecule has 1 aliphatic rings. The van der Waals surface area contributed by atoms with Crippen molar-refractivity contribution < 1.29 is 14.5 Å². The normalized spacial score (nSPS) is 13.8. The van der Waals surface area contributed by atoms with Gasteiger partial charge in [-0.25, -0.2) is 4.68 Å². The van der Waals surface area contributed by atoms with Gasteiger partial charge in [0.05, 0.1) is 12.3 Å². The maximum absolute atomic E-state index is 12.4. The number of carbonyl (C=O) groups excluding carboxylic acids is 1. The van der Waals surface area contributed by atoms with Gasteiger partial charge in [-0.1, -0.05) is 23.4 Å². The van der Waals surface area contributed by atoms with Crippen LogP contribution in [-0.4, -0.2) is 32.9 Å². The van der Waals surface area contributed by atoms with Crippen LogP contribution in [0.2, 0.25) is 0 Å². The number of hydrogen-bond acceptors (Lipinski definition) is 5. The molecule has 1 aromatic carbocycles. The summed E-state index contributed by atoms with van der Waals surface area (Å²) in [4.78, 5) is 12.4. The Morgan fingerprint density at radius 2 is 2.27 bits per heavy atom. The molecule has 2 heterocycles. The number of benzene rings is 1. The number of aromatic nitrogens is 3. The van der Waals surface area contributed by atoms with E-state index in [2.05, 4.69) is 10.3 Å². The van der Waals surface area contributed by atoms with E-state index in [1.54, 1.807) is 4.68 Å². The first kappa shape index (κ1) is 14.9. The molecule has 1 N–H and O–H groups in total. The van der Waals surface area contributed by atoms with E-state index in [4.69, 9.17) is 4.65 Å². The van der Waals surface area contributed by atoms with Crippen LogP contribution in [0, 0.1) is 6.92 Å². The average Bonchev–Trinajstić information content (AvgIpc) is 3.03. The molecule has 0 fully saturated rings. The number of fused-ring (bicyclic) bond motifs is 1. The van der Waals surface area contributed by atoms with Gasteiger partial charge in [-0.15, -0.1) is 5.10 Å². The smallest absolute Gasteiger partial charge is 0.423 e. The molecule has 0 saturated heterocycles. The van der Waals surface area contributed by atoms with Crippen molar-refractivity contribution in [3.05, 3.63) is 40.7 Å². The van der Waals surface area contributed by atoms with Crippen LogP contribution in [-0.2, 0) is 17.7 Å². The van der Waals surface area contributed by atoms with Gasteiger partial charge in [0.25, 0.3) is 0 Å². The Hall–Kier alpha value is -1.99. The predicted octanol–water partition coefficient (Wildman–Crippen LogP) is 0.811. The maximum Gasteiger partial charge on any atom is 0.491 e. The molecule has 1 aromatic heterocycles. The van der Waals surface area contributed by atoms with Crippen molar-refractivity contribution in [2.75, 3.05) is 0 Å². The largest absolute Gasteiger partial charge is 0.491 e. The molecule has 2 aromatic rings. The van der Waals surface area contributed by atoms with Gasteiger partial charge in [0.15, 0.2) is 11.5 Å². The van der Waals surface area contributed by atoms with Crippen molar-refractivity contribution in [3.63, 3.8) is 0 Å². The molecule has 0 unspecified atom stereocenters. The van der Waals surface area contributed by atoms with Crippen LogP contribution in [0.15, 0.2) is 18.2 Å². The molecule has 7 heteroatoms. The van der Waals surface area contributed by atoms with Gasteiger partial charge >= 0.3 is 7.12 Å². The Balaban J connectivity index is 1.82. The number of rotatable bonds is 4. The van der Waals surface area contributed by atoms with Crippen LogP contribution in [0.3, 0.4) is 0 Å². The molecule has 0 amide bonds. The van der Waals surface area contributed by atoms with E-state index in [9.17, 15) is 9.82 Å². The summed E-state index contributed by atoms with van der Waals surface area (Å²) in [6.45, 7) is 6.26. The minimum absolute atomic E-state index is 0.0715. The van der Waals surface area contributed by atoms with Crippen LogP contribution < -0.4 is 5.46 Å². The zero-order valence-electron chi connectivity index (χ0n) is 12.9. The van der Waals surface area contributed by atoms with Crippen LogP contribution in [0.4, 0.5) is 0 Å². The van der Waals surface area contributed by atoms with Gasteiger partial charge < -0.3 is 9.68 Å². The predicted molar refractivity (Wildman–Crippen MR) is 82.0 cm³/mol. The summed E-state index contributed by atoms with van der Waals surface area (Å²) in [6, 6.07) is 5.78. The molecule has 6 nitrogen and oxygen atoms in total. The lowest BCUT2D eigenvalue weighted by atomic mass is 9.78. The van der Waals surface area contributed by atoms with E-state index in [-0.39, 0.29) is 18.2 Å². The highest BCUT2D eigenvalue weighted by Gasteiger charge is 2.27. The minimum Gasteiger partial charge on any atom is -0.423 e. The molecule has 22 heavy (non-hydrogen) atoms. The average molecular weight is 299 g/mol. The lowest BCUT2D eigenvalue weighted by molar-refractivity contribution is 0.0987. The van der Waals surface area contributed by atoms with E-state index in [0.717, 1.165) is 22.3 Å². The zero-order valence-corrected chi connectivity index (χ0v) is 12.9. The van der Waals surface area contributed by atoms with Crippen molar-refractivity contribution in [1.82, 2.24) is 15.0 Å². The monoisotopic (exact) mass is 299 g/mol. The Morgan fingerprint density at radius 1 is 1.50 bits per heavy atom. The maximum atomic E-state index is 12.4. The molecule has 0 aliphatic carbocycles. The number of nitrogens with zero attached hydrogens (tertiary/aromatic N) is 3. The van der Waals surface area contributed by atoms with E-state index in [1.807, 2.05) is 39.0 Å². The van der Waals surface area contributed by atoms with Crippen molar-refractivity contribution >= 4 is 18.4 Å². The molecule has 0 atom stereocenters. The summed E-state index contributed by atoms with van der Waals surface area (Å²) >= 11 is 0. The van der Waals surface area contributed by atoms with Crippen LogP contribution in [0.5, 0.6) is 0 Å². The molecular weight excluding hydrogens is 281 g/mol. The first-order valence-corrected chi connectivity index (χ1v) is 7.33. The highest BCUT2D eigenvalue weighted by Crippen LogP contribution is 2.15. The Morgan fingerprint density at radius 3 is 2.95 bits per heavy atom. The SMILES string of the molecule is Cc1c(C(=O)Cc2ccc3c(c2)B(O)OC3)nnn1C(C)C. The second-order valence-corrected chi connectivity index (χ2v) is 5.86. The van der Waals surface area contributed by atoms with Gasteiger partial charge in [-0.3, -0.25) is 4.79 Å². The number of ketones is 1. The summed E-state index contributed by atoms with van der Waals surface area (Å²) in [5.41, 5.74) is 3.74. The third kappa shape index (κ3) is 2.57. The number of carbonyl (C=O) groups is 1. The topological polar surface area (TPSA) is 77.2 Å². The van der Waals surface area contributed by atoms with Crippen LogP contribution in [0.25, 0.3) is 0 Å². The molecular formula is C15H18BN3O3. The van der Waals surface area contributed by atoms with Gasteiger partial charge in [0, 0.05) is 12.5 Å². The van der Waals surface area contributed by atoms with Crippen molar-refractivity contribution in [2.45, 2.75) is 39.8 Å². The van der Waals surface area contributed by atoms with E-state index < -0.39 is 7.12 Å². The van der Waals surface area contributed by atoms with E-state index in [1.165, 1.54) is 0 Å². The highest BCUT2D eigenvalue weighted by molar-refractivity contribution is 6.61. The summed E-state index contributed by atoms with van der Waals surface area (Å²) in [7, 11) is -0.895. The van der Waals surface area contributed by atoms with E-state index in [0.29, 0.717) is 12.3 Å². The number of hydrogen-bond donors (Lipinski definition) is 1. The van der Waals surface area contributed by atoms with Gasteiger partial charge in [0.1, 0.15) is 0 Å². The fourth-order valence-corrected chi connectivity index (χ4v) is 2.73. The van der Waals surface area contributed by atoms with Crippen LogP contribution in [0.1, 0.15) is 47.2 Å². The van der Waals surface area contributed by atoms with Crippen molar-refractivity contribution in [2.24, 2.45) is 0 Å². The lowest BCUT2D eigenvalue weighted by Gasteiger charge is -2.07. The van der Waals surface area contributed by atoms with E-state index >= 15 is 0 Å². The third-order valence-corrected chi connectivity index (χ3v) is 3.92. The first-order valence-electron chi connectivity index (χ1n) is 7.33. The minimum atomic E-state index is -0.895. The molecule has 0 saturated carbocycles. The van der Waals surface area contributed by atoms with Crippen molar-refractivity contribution in [1.29, 1.82) is 0 Å². The summed E-state index contributed by atoms with van der Waals surface area (Å²) in [6.07, 6.45) is 0.234. The standard InChI is InChI=1S/C15H18BN3O3/c1-9(2)19-10(3)15(17-18-19)14(20)7-11-4-5-12-8-22-16(21)13(12)6-11/h4-6,9,21H,7-8H2,1-3H3. The number of Topliss-reactive ketones (excluding diaryl/α,β-unsaturated/α-hetero) is 1. The Kier molecular flexibility index (Phi) is 3.84. The fraction of sp³-hybridized carbons (Fsp3) is 0.400. The summed E-state index contributed by atoms with van der Waals surface area (Å²) in [5.74, 6) is -0.0715. The molecule has 114 valence electrons. The quantitative estimate of drug-likeness (QED) is 0.668. The van der Waals surface area contributed by atoms with Gasteiger partial charge in [-0.05, 0) is 37.4 Å². The molecule has 0 bridgehead atoms. The van der Waals surface area contributed by atoms with Crippen LogP contribution >= 0.6 is 0 Å². The second kappa shape index (κ2) is 5.66. The Bertz CT molecular complexity index is 727. The third-order valence-electron chi connectivity index (χ3n) is 3.92. The summed E-state index contributed by atoms with van der Waals surface area (Å²) in [5, 5.41) is 17.8. The molecule has 1 aliphatic heterocycles. The highest BCUT2D eigenvalue weighted by atomic mass is 16.5. The zero-order chi connectivity index (χ0) is 15.9. The van der Waals surface area contributed by atoms with Gasteiger partial charge in [0.2, 0.25) is 0 Å². The molecule has 0 radical (unpaired) electrons. The van der Waals surface area contributed by atoms with Gasteiger partial charge in [-0.2, -0.15) is 0 Å². The van der Waals surface area contributed by atoms with Crippen molar-refractivity contribution in [3.8, 4) is 0 Å². The lowest BCUT2D eigenvalue weighted by Crippen LogP contribution is -2.28. The molecule has 0 spiro atoms. The second-order valence-electron chi connectivity index (χ2n) is 5.86.